The predicted octanol–water partition coefficient (Wildman–Crippen LogP) is 2.78. The van der Waals surface area contributed by atoms with E-state index < -0.39 is 0 Å². The van der Waals surface area contributed by atoms with Gasteiger partial charge in [-0.1, -0.05) is 20.8 Å². The van der Waals surface area contributed by atoms with Crippen molar-refractivity contribution in [2.24, 2.45) is 5.73 Å². The molecule has 1 atom stereocenters. The van der Waals surface area contributed by atoms with E-state index >= 15 is 0 Å². The van der Waals surface area contributed by atoms with Crippen LogP contribution in [-0.2, 0) is 5.41 Å². The van der Waals surface area contributed by atoms with Gasteiger partial charge in [-0.25, -0.2) is 0 Å². The molecule has 86 valence electrons. The molecule has 0 aromatic carbocycles. The Kier molecular flexibility index (Phi) is 3.24. The minimum atomic E-state index is 0.0380. The summed E-state index contributed by atoms with van der Waals surface area (Å²) in [5.41, 5.74) is 8.27. The second-order valence-corrected chi connectivity index (χ2v) is 5.53. The molecule has 0 spiro atoms. The number of aromatic nitrogens is 2. The van der Waals surface area contributed by atoms with E-state index in [0.29, 0.717) is 6.04 Å². The third-order valence-corrected chi connectivity index (χ3v) is 2.49. The van der Waals surface area contributed by atoms with E-state index in [-0.39, 0.29) is 11.5 Å². The molecule has 0 fully saturated rings. The molecule has 1 heterocycles. The topological polar surface area (TPSA) is 43.8 Å². The summed E-state index contributed by atoms with van der Waals surface area (Å²) >= 11 is 0. The number of hydrogen-bond donors (Lipinski definition) is 1. The monoisotopic (exact) mass is 209 g/mol. The van der Waals surface area contributed by atoms with Gasteiger partial charge in [0.25, 0.3) is 0 Å². The van der Waals surface area contributed by atoms with Crippen LogP contribution < -0.4 is 5.73 Å². The van der Waals surface area contributed by atoms with E-state index in [1.807, 2.05) is 11.6 Å². The third-order valence-electron chi connectivity index (χ3n) is 2.49. The molecule has 1 rings (SSSR count). The first kappa shape index (κ1) is 12.2. The minimum Gasteiger partial charge on any atom is -0.323 e. The molecular formula is C12H23N3. The number of hydrogen-bond acceptors (Lipinski definition) is 2. The van der Waals surface area contributed by atoms with Crippen LogP contribution in [0.25, 0.3) is 0 Å². The highest BCUT2D eigenvalue weighted by Crippen LogP contribution is 2.25. The summed E-state index contributed by atoms with van der Waals surface area (Å²) in [5, 5.41) is 4.64. The van der Waals surface area contributed by atoms with Crippen LogP contribution in [0, 0.1) is 0 Å². The minimum absolute atomic E-state index is 0.0380. The maximum atomic E-state index is 5.95. The first-order valence-corrected chi connectivity index (χ1v) is 5.59. The summed E-state index contributed by atoms with van der Waals surface area (Å²) in [7, 11) is 0. The molecule has 0 saturated carbocycles. The molecule has 1 aromatic rings. The Morgan fingerprint density at radius 2 is 1.80 bits per heavy atom. The molecule has 0 aliphatic rings. The lowest BCUT2D eigenvalue weighted by Gasteiger charge is -2.15. The van der Waals surface area contributed by atoms with Gasteiger partial charge in [0, 0.05) is 17.5 Å². The summed E-state index contributed by atoms with van der Waals surface area (Å²) in [4.78, 5) is 0. The molecule has 0 saturated heterocycles. The molecule has 3 nitrogen and oxygen atoms in total. The van der Waals surface area contributed by atoms with Crippen molar-refractivity contribution in [2.45, 2.75) is 59.0 Å². The van der Waals surface area contributed by atoms with Gasteiger partial charge in [0.05, 0.1) is 11.4 Å². The highest BCUT2D eigenvalue weighted by atomic mass is 15.3. The maximum Gasteiger partial charge on any atom is 0.0681 e. The van der Waals surface area contributed by atoms with E-state index in [1.54, 1.807) is 0 Å². The Hall–Kier alpha value is -0.830. The zero-order valence-corrected chi connectivity index (χ0v) is 10.7. The summed E-state index contributed by atoms with van der Waals surface area (Å²) in [6.07, 6.45) is 0. The molecule has 0 aliphatic heterocycles. The van der Waals surface area contributed by atoms with Crippen LogP contribution in [0.2, 0.25) is 0 Å². The fourth-order valence-electron chi connectivity index (χ4n) is 1.53. The number of nitrogens with zero attached hydrogens (tertiary/aromatic N) is 2. The normalized spacial score (nSPS) is 14.7. The first-order chi connectivity index (χ1) is 6.73. The molecule has 15 heavy (non-hydrogen) atoms. The highest BCUT2D eigenvalue weighted by molar-refractivity contribution is 5.20. The molecule has 0 unspecified atom stereocenters. The van der Waals surface area contributed by atoms with Crippen molar-refractivity contribution < 1.29 is 0 Å². The Labute approximate surface area is 92.7 Å². The van der Waals surface area contributed by atoms with Gasteiger partial charge in [-0.3, -0.25) is 4.68 Å². The zero-order valence-electron chi connectivity index (χ0n) is 10.7. The summed E-state index contributed by atoms with van der Waals surface area (Å²) in [6, 6.07) is 2.53. The van der Waals surface area contributed by atoms with Crippen molar-refractivity contribution in [2.75, 3.05) is 0 Å². The Morgan fingerprint density at radius 1 is 1.27 bits per heavy atom. The second kappa shape index (κ2) is 3.97. The molecule has 0 amide bonds. The summed E-state index contributed by atoms with van der Waals surface area (Å²) < 4.78 is 2.03. The fraction of sp³-hybridized carbons (Fsp3) is 0.750. The van der Waals surface area contributed by atoms with Crippen LogP contribution in [0.5, 0.6) is 0 Å². The Morgan fingerprint density at radius 3 is 2.07 bits per heavy atom. The van der Waals surface area contributed by atoms with Crippen molar-refractivity contribution >= 4 is 0 Å². The van der Waals surface area contributed by atoms with Crippen molar-refractivity contribution in [1.82, 2.24) is 9.78 Å². The lowest BCUT2D eigenvalue weighted by molar-refractivity contribution is 0.472. The number of rotatable bonds is 2. The van der Waals surface area contributed by atoms with E-state index in [0.717, 1.165) is 11.4 Å². The SMILES string of the molecule is CC(C)n1nc(C(C)(C)C)cc1[C@@H](C)N. The van der Waals surface area contributed by atoms with Crippen molar-refractivity contribution in [3.8, 4) is 0 Å². The molecule has 1 aromatic heterocycles. The summed E-state index contributed by atoms with van der Waals surface area (Å²) in [6.45, 7) is 12.8. The fourth-order valence-corrected chi connectivity index (χ4v) is 1.53. The van der Waals surface area contributed by atoms with Gasteiger partial charge in [0.1, 0.15) is 0 Å². The van der Waals surface area contributed by atoms with Crippen LogP contribution in [0.3, 0.4) is 0 Å². The largest absolute Gasteiger partial charge is 0.323 e. The first-order valence-electron chi connectivity index (χ1n) is 5.59. The average Bonchev–Trinajstić information content (AvgIpc) is 2.45. The average molecular weight is 209 g/mol. The van der Waals surface area contributed by atoms with Crippen LogP contribution >= 0.6 is 0 Å². The predicted molar refractivity (Wildman–Crippen MR) is 63.9 cm³/mol. The second-order valence-electron chi connectivity index (χ2n) is 5.53. The van der Waals surface area contributed by atoms with Crippen LogP contribution in [0.4, 0.5) is 0 Å². The Bertz CT molecular complexity index is 304. The Balaban J connectivity index is 3.21. The molecule has 0 aliphatic carbocycles. The zero-order chi connectivity index (χ0) is 11.8. The quantitative estimate of drug-likeness (QED) is 0.814. The maximum absolute atomic E-state index is 5.95. The van der Waals surface area contributed by atoms with Gasteiger partial charge in [-0.05, 0) is 26.8 Å². The van der Waals surface area contributed by atoms with Gasteiger partial charge in [0.2, 0.25) is 0 Å². The smallest absolute Gasteiger partial charge is 0.0681 e. The highest BCUT2D eigenvalue weighted by Gasteiger charge is 2.21. The molecular weight excluding hydrogens is 186 g/mol. The summed E-state index contributed by atoms with van der Waals surface area (Å²) in [5.74, 6) is 0. The standard InChI is InChI=1S/C12H23N3/c1-8(2)15-10(9(3)13)7-11(14-15)12(4,5)6/h7-9H,13H2,1-6H3/t9-/m1/s1. The molecule has 0 radical (unpaired) electrons. The lowest BCUT2D eigenvalue weighted by Crippen LogP contribution is -2.15. The van der Waals surface area contributed by atoms with E-state index in [9.17, 15) is 0 Å². The van der Waals surface area contributed by atoms with Gasteiger partial charge in [0.15, 0.2) is 0 Å². The van der Waals surface area contributed by atoms with Gasteiger partial charge < -0.3 is 5.73 Å². The van der Waals surface area contributed by atoms with Crippen molar-refractivity contribution in [3.05, 3.63) is 17.5 Å². The van der Waals surface area contributed by atoms with E-state index in [2.05, 4.69) is 45.8 Å². The van der Waals surface area contributed by atoms with Crippen LogP contribution in [0.1, 0.15) is 65.0 Å². The third kappa shape index (κ3) is 2.59. The molecule has 0 bridgehead atoms. The van der Waals surface area contributed by atoms with E-state index in [1.165, 1.54) is 0 Å². The van der Waals surface area contributed by atoms with Crippen LogP contribution in [0.15, 0.2) is 6.07 Å². The molecule has 3 heteroatoms. The molecule has 2 N–H and O–H groups in total. The number of nitrogens with two attached hydrogens (primary N) is 1. The lowest BCUT2D eigenvalue weighted by atomic mass is 9.92. The van der Waals surface area contributed by atoms with Gasteiger partial charge in [-0.2, -0.15) is 5.10 Å². The van der Waals surface area contributed by atoms with Crippen molar-refractivity contribution in [3.63, 3.8) is 0 Å². The van der Waals surface area contributed by atoms with Gasteiger partial charge in [-0.15, -0.1) is 0 Å². The van der Waals surface area contributed by atoms with Crippen LogP contribution in [-0.4, -0.2) is 9.78 Å². The van der Waals surface area contributed by atoms with E-state index in [4.69, 9.17) is 5.73 Å². The van der Waals surface area contributed by atoms with Crippen molar-refractivity contribution in [1.29, 1.82) is 0 Å². The van der Waals surface area contributed by atoms with Gasteiger partial charge >= 0.3 is 0 Å².